The van der Waals surface area contributed by atoms with Crippen LogP contribution >= 0.6 is 0 Å². The van der Waals surface area contributed by atoms with Gasteiger partial charge in [0, 0.05) is 11.6 Å². The molecule has 7 heteroatoms. The lowest BCUT2D eigenvalue weighted by atomic mass is 10.1. The van der Waals surface area contributed by atoms with Crippen molar-refractivity contribution in [1.29, 1.82) is 0 Å². The molecular weight excluding hydrogens is 306 g/mol. The van der Waals surface area contributed by atoms with Gasteiger partial charge in [0.25, 0.3) is 5.91 Å². The number of hydrogen-bond acceptors (Lipinski definition) is 5. The van der Waals surface area contributed by atoms with E-state index < -0.39 is 15.9 Å². The van der Waals surface area contributed by atoms with Crippen molar-refractivity contribution in [3.8, 4) is 5.75 Å². The second-order valence-corrected chi connectivity index (χ2v) is 7.68. The fourth-order valence-electron chi connectivity index (χ4n) is 2.27. The van der Waals surface area contributed by atoms with Crippen LogP contribution < -0.4 is 10.1 Å². The molecule has 1 amide bonds. The van der Waals surface area contributed by atoms with E-state index in [0.29, 0.717) is 17.7 Å². The highest BCUT2D eigenvalue weighted by Crippen LogP contribution is 2.16. The van der Waals surface area contributed by atoms with E-state index in [2.05, 4.69) is 5.32 Å². The normalized spacial score (nSPS) is 21.1. The Balaban J connectivity index is 1.94. The Hall–Kier alpha value is -1.89. The van der Waals surface area contributed by atoms with Gasteiger partial charge < -0.3 is 10.1 Å². The second kappa shape index (κ2) is 6.48. The van der Waals surface area contributed by atoms with Crippen LogP contribution in [-0.4, -0.2) is 43.8 Å². The van der Waals surface area contributed by atoms with Crippen molar-refractivity contribution in [3.05, 3.63) is 29.8 Å². The van der Waals surface area contributed by atoms with Crippen LogP contribution in [0.3, 0.4) is 0 Å². The van der Waals surface area contributed by atoms with Crippen molar-refractivity contribution in [1.82, 2.24) is 5.32 Å². The van der Waals surface area contributed by atoms with Crippen LogP contribution in [0.15, 0.2) is 24.3 Å². The van der Waals surface area contributed by atoms with E-state index in [4.69, 9.17) is 4.74 Å². The molecule has 1 heterocycles. The highest BCUT2D eigenvalue weighted by Gasteiger charge is 2.30. The average molecular weight is 325 g/mol. The minimum absolute atomic E-state index is 0.0225. The van der Waals surface area contributed by atoms with Gasteiger partial charge in [0.1, 0.15) is 5.75 Å². The SMILES string of the molecule is CC(=O)c1cccc(O[C@@H](C)C(=O)N[C@H]2CCS(=O)(=O)C2)c1. The predicted molar refractivity (Wildman–Crippen MR) is 81.7 cm³/mol. The van der Waals surface area contributed by atoms with E-state index in [9.17, 15) is 18.0 Å². The summed E-state index contributed by atoms with van der Waals surface area (Å²) in [6, 6.07) is 6.23. The number of hydrogen-bond donors (Lipinski definition) is 1. The Bertz CT molecular complexity index is 683. The molecule has 0 saturated carbocycles. The van der Waals surface area contributed by atoms with E-state index in [-0.39, 0.29) is 29.2 Å². The van der Waals surface area contributed by atoms with Gasteiger partial charge in [0.2, 0.25) is 0 Å². The monoisotopic (exact) mass is 325 g/mol. The lowest BCUT2D eigenvalue weighted by Gasteiger charge is -2.17. The molecule has 1 aromatic carbocycles. The summed E-state index contributed by atoms with van der Waals surface area (Å²) < 4.78 is 28.3. The fraction of sp³-hybridized carbons (Fsp3) is 0.467. The topological polar surface area (TPSA) is 89.5 Å². The smallest absolute Gasteiger partial charge is 0.261 e. The van der Waals surface area contributed by atoms with Crippen molar-refractivity contribution in [2.75, 3.05) is 11.5 Å². The summed E-state index contributed by atoms with van der Waals surface area (Å²) >= 11 is 0. The molecule has 1 aromatic rings. The fourth-order valence-corrected chi connectivity index (χ4v) is 3.95. The first kappa shape index (κ1) is 16.5. The first-order chi connectivity index (χ1) is 10.3. The highest BCUT2D eigenvalue weighted by atomic mass is 32.2. The summed E-state index contributed by atoms with van der Waals surface area (Å²) in [6.07, 6.45) is -0.342. The molecule has 1 N–H and O–H groups in total. The van der Waals surface area contributed by atoms with Gasteiger partial charge in [-0.05, 0) is 32.4 Å². The largest absolute Gasteiger partial charge is 0.481 e. The summed E-state index contributed by atoms with van der Waals surface area (Å²) in [7, 11) is -3.03. The Morgan fingerprint density at radius 2 is 2.09 bits per heavy atom. The summed E-state index contributed by atoms with van der Waals surface area (Å²) in [6.45, 7) is 3.04. The third-order valence-corrected chi connectivity index (χ3v) is 5.27. The van der Waals surface area contributed by atoms with E-state index in [1.54, 1.807) is 31.2 Å². The number of rotatable bonds is 5. The van der Waals surface area contributed by atoms with Gasteiger partial charge in [-0.25, -0.2) is 8.42 Å². The number of carbonyl (C=O) groups is 2. The van der Waals surface area contributed by atoms with Crippen LogP contribution in [0.25, 0.3) is 0 Å². The Morgan fingerprint density at radius 1 is 1.36 bits per heavy atom. The van der Waals surface area contributed by atoms with Crippen molar-refractivity contribution in [2.24, 2.45) is 0 Å². The standard InChI is InChI=1S/C15H19NO5S/c1-10(17)12-4-3-5-14(8-12)21-11(2)15(18)16-13-6-7-22(19,20)9-13/h3-5,8,11,13H,6-7,9H2,1-2H3,(H,16,18)/t11-,13-/m0/s1. The zero-order valence-corrected chi connectivity index (χ0v) is 13.4. The van der Waals surface area contributed by atoms with Crippen LogP contribution in [0.5, 0.6) is 5.75 Å². The molecule has 2 rings (SSSR count). The van der Waals surface area contributed by atoms with Gasteiger partial charge >= 0.3 is 0 Å². The van der Waals surface area contributed by atoms with Crippen molar-refractivity contribution in [3.63, 3.8) is 0 Å². The molecule has 0 radical (unpaired) electrons. The molecule has 1 aliphatic heterocycles. The summed E-state index contributed by atoms with van der Waals surface area (Å²) in [5.41, 5.74) is 0.506. The van der Waals surface area contributed by atoms with Gasteiger partial charge in [0.15, 0.2) is 21.7 Å². The molecule has 1 fully saturated rings. The zero-order valence-electron chi connectivity index (χ0n) is 12.5. The summed E-state index contributed by atoms with van der Waals surface area (Å²) in [4.78, 5) is 23.4. The molecule has 0 aromatic heterocycles. The second-order valence-electron chi connectivity index (χ2n) is 5.45. The van der Waals surface area contributed by atoms with Crippen LogP contribution in [0, 0.1) is 0 Å². The number of ketones is 1. The first-order valence-corrected chi connectivity index (χ1v) is 8.87. The van der Waals surface area contributed by atoms with E-state index in [0.717, 1.165) is 0 Å². The number of carbonyl (C=O) groups excluding carboxylic acids is 2. The number of benzene rings is 1. The van der Waals surface area contributed by atoms with Gasteiger partial charge in [-0.15, -0.1) is 0 Å². The third-order valence-electron chi connectivity index (χ3n) is 3.50. The van der Waals surface area contributed by atoms with Crippen LogP contribution in [0.4, 0.5) is 0 Å². The molecule has 2 atom stereocenters. The maximum absolute atomic E-state index is 12.0. The van der Waals surface area contributed by atoms with Gasteiger partial charge in [0.05, 0.1) is 11.5 Å². The predicted octanol–water partition coefficient (Wildman–Crippen LogP) is 0.960. The van der Waals surface area contributed by atoms with Gasteiger partial charge in [-0.1, -0.05) is 12.1 Å². The molecular formula is C15H19NO5S. The molecule has 0 spiro atoms. The number of Topliss-reactive ketones (excluding diaryl/α,β-unsaturated/α-hetero) is 1. The molecule has 0 aliphatic carbocycles. The average Bonchev–Trinajstić information content (AvgIpc) is 2.78. The summed E-state index contributed by atoms with van der Waals surface area (Å²) in [5.74, 6) is 0.0579. The Kier molecular flexibility index (Phi) is 4.85. The molecule has 0 bridgehead atoms. The molecule has 22 heavy (non-hydrogen) atoms. The maximum Gasteiger partial charge on any atom is 0.261 e. The lowest BCUT2D eigenvalue weighted by Crippen LogP contribution is -2.43. The third kappa shape index (κ3) is 4.30. The van der Waals surface area contributed by atoms with Crippen molar-refractivity contribution < 1.29 is 22.7 Å². The summed E-state index contributed by atoms with van der Waals surface area (Å²) in [5, 5.41) is 2.68. The molecule has 1 aliphatic rings. The number of amides is 1. The maximum atomic E-state index is 12.0. The molecule has 120 valence electrons. The quantitative estimate of drug-likeness (QED) is 0.815. The zero-order chi connectivity index (χ0) is 16.3. The van der Waals surface area contributed by atoms with E-state index >= 15 is 0 Å². The lowest BCUT2D eigenvalue weighted by molar-refractivity contribution is -0.127. The Morgan fingerprint density at radius 3 is 2.68 bits per heavy atom. The number of nitrogens with one attached hydrogen (secondary N) is 1. The molecule has 1 saturated heterocycles. The minimum atomic E-state index is -3.03. The number of sulfone groups is 1. The van der Waals surface area contributed by atoms with Crippen LogP contribution in [0.2, 0.25) is 0 Å². The molecule has 0 unspecified atom stereocenters. The van der Waals surface area contributed by atoms with E-state index in [1.165, 1.54) is 6.92 Å². The van der Waals surface area contributed by atoms with E-state index in [1.807, 2.05) is 0 Å². The first-order valence-electron chi connectivity index (χ1n) is 7.05. The molecule has 6 nitrogen and oxygen atoms in total. The highest BCUT2D eigenvalue weighted by molar-refractivity contribution is 7.91. The minimum Gasteiger partial charge on any atom is -0.481 e. The van der Waals surface area contributed by atoms with Crippen LogP contribution in [-0.2, 0) is 14.6 Å². The number of ether oxygens (including phenoxy) is 1. The Labute approximate surface area is 129 Å². The van der Waals surface area contributed by atoms with Crippen LogP contribution in [0.1, 0.15) is 30.6 Å². The van der Waals surface area contributed by atoms with Crippen molar-refractivity contribution >= 4 is 21.5 Å². The van der Waals surface area contributed by atoms with Gasteiger partial charge in [-0.2, -0.15) is 0 Å². The van der Waals surface area contributed by atoms with Gasteiger partial charge in [-0.3, -0.25) is 9.59 Å². The van der Waals surface area contributed by atoms with Crippen molar-refractivity contribution in [2.45, 2.75) is 32.4 Å².